The van der Waals surface area contributed by atoms with Crippen molar-refractivity contribution in [2.45, 2.75) is 33.8 Å². The molecule has 0 N–H and O–H groups in total. The van der Waals surface area contributed by atoms with Crippen molar-refractivity contribution in [3.63, 3.8) is 0 Å². The van der Waals surface area contributed by atoms with Crippen molar-refractivity contribution in [2.24, 2.45) is 10.9 Å². The van der Waals surface area contributed by atoms with Crippen LogP contribution >= 0.6 is 0 Å². The summed E-state index contributed by atoms with van der Waals surface area (Å²) >= 11 is 0. The monoisotopic (exact) mass is 233 g/mol. The van der Waals surface area contributed by atoms with Crippen molar-refractivity contribution in [1.82, 2.24) is 0 Å². The number of carbonyl (C=O) groups is 1. The molecule has 0 aromatic heterocycles. The van der Waals surface area contributed by atoms with Crippen LogP contribution in [0.15, 0.2) is 35.3 Å². The van der Waals surface area contributed by atoms with Gasteiger partial charge in [-0.25, -0.2) is 4.79 Å². The Hall–Kier alpha value is -1.64. The lowest BCUT2D eigenvalue weighted by Crippen LogP contribution is -2.10. The zero-order chi connectivity index (χ0) is 12.8. The number of nitrogens with zero attached hydrogens (tertiary/aromatic N) is 1. The van der Waals surface area contributed by atoms with E-state index in [9.17, 15) is 4.79 Å². The van der Waals surface area contributed by atoms with Crippen LogP contribution in [0.25, 0.3) is 0 Å². The van der Waals surface area contributed by atoms with E-state index in [0.717, 1.165) is 11.3 Å². The molecule has 1 aromatic rings. The third kappa shape index (κ3) is 4.39. The molecular formula is C14H19NO2. The molecule has 1 rings (SSSR count). The van der Waals surface area contributed by atoms with Crippen LogP contribution in [0.3, 0.4) is 0 Å². The van der Waals surface area contributed by atoms with Gasteiger partial charge < -0.3 is 4.74 Å². The molecule has 1 unspecified atom stereocenters. The average Bonchev–Trinajstić information content (AvgIpc) is 2.29. The zero-order valence-corrected chi connectivity index (χ0v) is 10.8. The summed E-state index contributed by atoms with van der Waals surface area (Å²) in [6, 6.07) is 9.62. The van der Waals surface area contributed by atoms with Crippen LogP contribution in [0.4, 0.5) is 4.79 Å². The number of rotatable bonds is 3. The predicted molar refractivity (Wildman–Crippen MR) is 69.3 cm³/mol. The Morgan fingerprint density at radius 3 is 2.29 bits per heavy atom. The quantitative estimate of drug-likeness (QED) is 0.740. The van der Waals surface area contributed by atoms with E-state index >= 15 is 0 Å². The van der Waals surface area contributed by atoms with Crippen LogP contribution in [0.1, 0.15) is 39.4 Å². The summed E-state index contributed by atoms with van der Waals surface area (Å²) in [7, 11) is 0. The topological polar surface area (TPSA) is 38.7 Å². The summed E-state index contributed by atoms with van der Waals surface area (Å²) in [6.45, 7) is 7.66. The Balaban J connectivity index is 2.61. The minimum Gasteiger partial charge on any atom is -0.440 e. The summed E-state index contributed by atoms with van der Waals surface area (Å²) in [5.74, 6) is 0.259. The number of aliphatic imine (C=N–C) groups is 1. The van der Waals surface area contributed by atoms with Gasteiger partial charge in [0.2, 0.25) is 0 Å². The molecule has 1 aromatic carbocycles. The van der Waals surface area contributed by atoms with E-state index < -0.39 is 6.09 Å². The SMILES string of the molecule is CC(=NC(=O)OC(C)c1ccccc1)C(C)C. The number of carbonyl (C=O) groups excluding carboxylic acids is 1. The Morgan fingerprint density at radius 1 is 1.18 bits per heavy atom. The first kappa shape index (κ1) is 13.4. The van der Waals surface area contributed by atoms with Gasteiger partial charge in [-0.3, -0.25) is 0 Å². The molecule has 0 radical (unpaired) electrons. The zero-order valence-electron chi connectivity index (χ0n) is 10.8. The van der Waals surface area contributed by atoms with Crippen molar-refractivity contribution in [3.8, 4) is 0 Å². The van der Waals surface area contributed by atoms with E-state index in [-0.39, 0.29) is 12.0 Å². The fourth-order valence-corrected chi connectivity index (χ4v) is 1.24. The van der Waals surface area contributed by atoms with Gasteiger partial charge in [0.1, 0.15) is 6.10 Å². The standard InChI is InChI=1S/C14H19NO2/c1-10(2)11(3)15-14(16)17-12(4)13-8-6-5-7-9-13/h5-10,12H,1-4H3. The van der Waals surface area contributed by atoms with Gasteiger partial charge in [0.25, 0.3) is 0 Å². The fraction of sp³-hybridized carbons (Fsp3) is 0.429. The molecule has 17 heavy (non-hydrogen) atoms. The highest BCUT2D eigenvalue weighted by Gasteiger charge is 2.11. The Labute approximate surface area is 103 Å². The first-order valence-electron chi connectivity index (χ1n) is 5.81. The van der Waals surface area contributed by atoms with E-state index in [1.54, 1.807) is 0 Å². The van der Waals surface area contributed by atoms with Crippen molar-refractivity contribution in [1.29, 1.82) is 0 Å². The van der Waals surface area contributed by atoms with Gasteiger partial charge in [-0.05, 0) is 25.3 Å². The molecule has 0 bridgehead atoms. The molecule has 1 amide bonds. The first-order valence-corrected chi connectivity index (χ1v) is 5.81. The van der Waals surface area contributed by atoms with Crippen molar-refractivity contribution >= 4 is 11.8 Å². The largest absolute Gasteiger partial charge is 0.440 e. The summed E-state index contributed by atoms with van der Waals surface area (Å²) in [6.07, 6.45) is -0.792. The maximum absolute atomic E-state index is 11.5. The van der Waals surface area contributed by atoms with Gasteiger partial charge in [0, 0.05) is 5.71 Å². The highest BCUT2D eigenvalue weighted by atomic mass is 16.6. The molecule has 92 valence electrons. The van der Waals surface area contributed by atoms with Gasteiger partial charge in [-0.15, -0.1) is 0 Å². The van der Waals surface area contributed by atoms with Gasteiger partial charge in [-0.1, -0.05) is 44.2 Å². The van der Waals surface area contributed by atoms with Crippen molar-refractivity contribution in [3.05, 3.63) is 35.9 Å². The Morgan fingerprint density at radius 2 is 1.76 bits per heavy atom. The summed E-state index contributed by atoms with van der Waals surface area (Å²) < 4.78 is 5.23. The third-order valence-corrected chi connectivity index (χ3v) is 2.65. The Kier molecular flexibility index (Phi) is 4.88. The first-order chi connectivity index (χ1) is 8.00. The predicted octanol–water partition coefficient (Wildman–Crippen LogP) is 4.00. The number of amides is 1. The van der Waals surface area contributed by atoms with Gasteiger partial charge in [0.05, 0.1) is 0 Å². The minimum atomic E-state index is -0.521. The van der Waals surface area contributed by atoms with E-state index in [1.807, 2.05) is 58.0 Å². The molecule has 0 aliphatic heterocycles. The lowest BCUT2D eigenvalue weighted by Gasteiger charge is -2.12. The molecule has 0 aliphatic rings. The van der Waals surface area contributed by atoms with Crippen molar-refractivity contribution in [2.75, 3.05) is 0 Å². The van der Waals surface area contributed by atoms with Crippen LogP contribution in [-0.2, 0) is 4.74 Å². The molecule has 0 spiro atoms. The highest BCUT2D eigenvalue weighted by molar-refractivity contribution is 5.92. The fourth-order valence-electron chi connectivity index (χ4n) is 1.24. The highest BCUT2D eigenvalue weighted by Crippen LogP contribution is 2.16. The summed E-state index contributed by atoms with van der Waals surface area (Å²) in [5.41, 5.74) is 1.76. The lowest BCUT2D eigenvalue weighted by atomic mass is 10.1. The van der Waals surface area contributed by atoms with Crippen LogP contribution in [-0.4, -0.2) is 11.8 Å². The van der Waals surface area contributed by atoms with Gasteiger partial charge >= 0.3 is 6.09 Å². The van der Waals surface area contributed by atoms with Crippen molar-refractivity contribution < 1.29 is 9.53 Å². The smallest absolute Gasteiger partial charge is 0.434 e. The number of ether oxygens (including phenoxy) is 1. The molecule has 0 saturated heterocycles. The Bertz CT molecular complexity index is 396. The lowest BCUT2D eigenvalue weighted by molar-refractivity contribution is 0.117. The van der Waals surface area contributed by atoms with E-state index in [0.29, 0.717) is 0 Å². The molecule has 3 nitrogen and oxygen atoms in total. The van der Waals surface area contributed by atoms with E-state index in [4.69, 9.17) is 4.74 Å². The van der Waals surface area contributed by atoms with E-state index in [1.165, 1.54) is 0 Å². The molecule has 0 heterocycles. The second-order valence-corrected chi connectivity index (χ2v) is 4.34. The number of hydrogen-bond donors (Lipinski definition) is 0. The van der Waals surface area contributed by atoms with Crippen LogP contribution < -0.4 is 0 Å². The molecule has 0 saturated carbocycles. The van der Waals surface area contributed by atoms with Gasteiger partial charge in [-0.2, -0.15) is 4.99 Å². The molecule has 1 atom stereocenters. The maximum atomic E-state index is 11.5. The van der Waals surface area contributed by atoms with Crippen LogP contribution in [0, 0.1) is 5.92 Å². The maximum Gasteiger partial charge on any atom is 0.434 e. The summed E-state index contributed by atoms with van der Waals surface area (Å²) in [5, 5.41) is 0. The van der Waals surface area contributed by atoms with E-state index in [2.05, 4.69) is 4.99 Å². The number of hydrogen-bond acceptors (Lipinski definition) is 2. The molecule has 0 fully saturated rings. The number of benzene rings is 1. The minimum absolute atomic E-state index is 0.259. The summed E-state index contributed by atoms with van der Waals surface area (Å²) in [4.78, 5) is 15.4. The molecule has 3 heteroatoms. The normalized spacial score (nSPS) is 13.6. The van der Waals surface area contributed by atoms with Crippen LogP contribution in [0.5, 0.6) is 0 Å². The molecular weight excluding hydrogens is 214 g/mol. The third-order valence-electron chi connectivity index (χ3n) is 2.65. The second-order valence-electron chi connectivity index (χ2n) is 4.34. The second kappa shape index (κ2) is 6.18. The van der Waals surface area contributed by atoms with Crippen LogP contribution in [0.2, 0.25) is 0 Å². The van der Waals surface area contributed by atoms with Gasteiger partial charge in [0.15, 0.2) is 0 Å². The molecule has 0 aliphatic carbocycles. The average molecular weight is 233 g/mol.